The molecule has 0 atom stereocenters. The molecule has 0 aliphatic carbocycles. The molecule has 3 aromatic rings. The summed E-state index contributed by atoms with van der Waals surface area (Å²) in [6.45, 7) is 3.93. The first-order valence-corrected chi connectivity index (χ1v) is 10.2. The van der Waals surface area contributed by atoms with Gasteiger partial charge in [-0.15, -0.1) is 24.0 Å². The number of ether oxygens (including phenoxy) is 1. The highest BCUT2D eigenvalue weighted by atomic mass is 127. The Balaban J connectivity index is 0.00000289. The van der Waals surface area contributed by atoms with Crippen LogP contribution in [-0.4, -0.2) is 54.1 Å². The van der Waals surface area contributed by atoms with Gasteiger partial charge in [-0.05, 0) is 30.3 Å². The van der Waals surface area contributed by atoms with Gasteiger partial charge >= 0.3 is 0 Å². The molecule has 0 unspecified atom stereocenters. The van der Waals surface area contributed by atoms with Crippen molar-refractivity contribution in [3.8, 4) is 11.6 Å². The van der Waals surface area contributed by atoms with Crippen molar-refractivity contribution >= 4 is 35.8 Å². The van der Waals surface area contributed by atoms with Crippen LogP contribution < -0.4 is 15.0 Å². The van der Waals surface area contributed by atoms with Crippen LogP contribution in [0.1, 0.15) is 5.56 Å². The highest BCUT2D eigenvalue weighted by Gasteiger charge is 2.20. The maximum absolute atomic E-state index is 13.5. The number of nitrogens with one attached hydrogen (secondary N) is 1. The van der Waals surface area contributed by atoms with Gasteiger partial charge in [0.2, 0.25) is 5.88 Å². The molecule has 1 aliphatic rings. The monoisotopic (exact) mass is 548 g/mol. The zero-order chi connectivity index (χ0) is 21.5. The highest BCUT2D eigenvalue weighted by molar-refractivity contribution is 14.0. The SMILES string of the molecule is CN=C(NCc1cccnc1Oc1cccc(F)c1)N1CCN(c2ccccn2)CC1.I. The van der Waals surface area contributed by atoms with Gasteiger partial charge in [0.15, 0.2) is 5.96 Å². The summed E-state index contributed by atoms with van der Waals surface area (Å²) in [5.41, 5.74) is 0.861. The van der Waals surface area contributed by atoms with E-state index in [1.807, 2.05) is 36.5 Å². The number of pyridine rings is 2. The predicted molar refractivity (Wildman–Crippen MR) is 134 cm³/mol. The van der Waals surface area contributed by atoms with Crippen molar-refractivity contribution in [3.05, 3.63) is 78.4 Å². The fraction of sp³-hybridized carbons (Fsp3) is 0.261. The second kappa shape index (κ2) is 11.6. The van der Waals surface area contributed by atoms with E-state index in [0.717, 1.165) is 43.5 Å². The zero-order valence-electron chi connectivity index (χ0n) is 17.8. The molecule has 1 aliphatic heterocycles. The van der Waals surface area contributed by atoms with E-state index in [0.29, 0.717) is 18.2 Å². The molecule has 0 bridgehead atoms. The molecule has 2 aromatic heterocycles. The van der Waals surface area contributed by atoms with E-state index < -0.39 is 0 Å². The lowest BCUT2D eigenvalue weighted by Crippen LogP contribution is -2.52. The lowest BCUT2D eigenvalue weighted by Gasteiger charge is -2.37. The smallest absolute Gasteiger partial charge is 0.224 e. The molecule has 1 fully saturated rings. The molecule has 0 amide bonds. The molecule has 0 spiro atoms. The van der Waals surface area contributed by atoms with Crippen molar-refractivity contribution < 1.29 is 9.13 Å². The molecular formula is C23H26FIN6O. The largest absolute Gasteiger partial charge is 0.439 e. The molecule has 1 aromatic carbocycles. The van der Waals surface area contributed by atoms with Crippen molar-refractivity contribution in [2.24, 2.45) is 4.99 Å². The average Bonchev–Trinajstić information content (AvgIpc) is 2.81. The number of hydrogen-bond donors (Lipinski definition) is 1. The molecule has 3 heterocycles. The Labute approximate surface area is 204 Å². The number of aliphatic imine (C=N–C) groups is 1. The summed E-state index contributed by atoms with van der Waals surface area (Å²) in [6, 6.07) is 15.8. The number of anilines is 1. The van der Waals surface area contributed by atoms with E-state index in [9.17, 15) is 4.39 Å². The van der Waals surface area contributed by atoms with E-state index in [2.05, 4.69) is 30.1 Å². The van der Waals surface area contributed by atoms with Gasteiger partial charge < -0.3 is 19.9 Å². The number of nitrogens with zero attached hydrogens (tertiary/aromatic N) is 5. The third kappa shape index (κ3) is 6.06. The van der Waals surface area contributed by atoms with Gasteiger partial charge in [-0.25, -0.2) is 14.4 Å². The summed E-state index contributed by atoms with van der Waals surface area (Å²) < 4.78 is 19.3. The molecular weight excluding hydrogens is 522 g/mol. The van der Waals surface area contributed by atoms with Crippen LogP contribution >= 0.6 is 24.0 Å². The molecule has 0 saturated carbocycles. The fourth-order valence-corrected chi connectivity index (χ4v) is 3.49. The van der Waals surface area contributed by atoms with Crippen LogP contribution in [0.3, 0.4) is 0 Å². The summed E-state index contributed by atoms with van der Waals surface area (Å²) in [7, 11) is 1.78. The van der Waals surface area contributed by atoms with Crippen LogP contribution in [-0.2, 0) is 6.54 Å². The zero-order valence-corrected chi connectivity index (χ0v) is 20.1. The van der Waals surface area contributed by atoms with Crippen molar-refractivity contribution in [1.82, 2.24) is 20.2 Å². The third-order valence-electron chi connectivity index (χ3n) is 5.06. The molecule has 1 saturated heterocycles. The number of halogens is 2. The van der Waals surface area contributed by atoms with E-state index in [1.54, 1.807) is 25.4 Å². The van der Waals surface area contributed by atoms with Crippen LogP contribution in [0.4, 0.5) is 10.2 Å². The van der Waals surface area contributed by atoms with Crippen LogP contribution in [0, 0.1) is 5.82 Å². The van der Waals surface area contributed by atoms with E-state index >= 15 is 0 Å². The minimum atomic E-state index is -0.349. The lowest BCUT2D eigenvalue weighted by atomic mass is 10.2. The molecule has 168 valence electrons. The summed E-state index contributed by atoms with van der Waals surface area (Å²) in [5, 5.41) is 3.40. The van der Waals surface area contributed by atoms with Crippen LogP contribution in [0.2, 0.25) is 0 Å². The average molecular weight is 548 g/mol. The minimum absolute atomic E-state index is 0. The third-order valence-corrected chi connectivity index (χ3v) is 5.06. The predicted octanol–water partition coefficient (Wildman–Crippen LogP) is 3.92. The van der Waals surface area contributed by atoms with Gasteiger partial charge in [-0.3, -0.25) is 4.99 Å². The normalized spacial score (nSPS) is 14.0. The quantitative estimate of drug-likeness (QED) is 0.296. The Kier molecular flexibility index (Phi) is 8.60. The summed E-state index contributed by atoms with van der Waals surface area (Å²) >= 11 is 0. The number of piperazine rings is 1. The number of aromatic nitrogens is 2. The Morgan fingerprint density at radius 2 is 1.84 bits per heavy atom. The summed E-state index contributed by atoms with van der Waals surface area (Å²) in [5.74, 6) is 2.32. The first-order chi connectivity index (χ1) is 15.2. The van der Waals surface area contributed by atoms with Gasteiger partial charge in [0.05, 0.1) is 0 Å². The molecule has 32 heavy (non-hydrogen) atoms. The molecule has 9 heteroatoms. The van der Waals surface area contributed by atoms with Crippen molar-refractivity contribution in [2.45, 2.75) is 6.54 Å². The van der Waals surface area contributed by atoms with Gasteiger partial charge in [0.25, 0.3) is 0 Å². The molecule has 1 N–H and O–H groups in total. The van der Waals surface area contributed by atoms with Crippen molar-refractivity contribution in [2.75, 3.05) is 38.1 Å². The topological polar surface area (TPSA) is 65.9 Å². The van der Waals surface area contributed by atoms with Crippen molar-refractivity contribution in [1.29, 1.82) is 0 Å². The number of benzene rings is 1. The second-order valence-electron chi connectivity index (χ2n) is 7.09. The van der Waals surface area contributed by atoms with Gasteiger partial charge in [-0.1, -0.05) is 18.2 Å². The highest BCUT2D eigenvalue weighted by Crippen LogP contribution is 2.23. The Morgan fingerprint density at radius 1 is 1.03 bits per heavy atom. The van der Waals surface area contributed by atoms with Gasteiger partial charge in [0.1, 0.15) is 17.4 Å². The van der Waals surface area contributed by atoms with Gasteiger partial charge in [-0.2, -0.15) is 0 Å². The van der Waals surface area contributed by atoms with E-state index in [1.165, 1.54) is 12.1 Å². The number of guanidine groups is 1. The van der Waals surface area contributed by atoms with Crippen LogP contribution in [0.15, 0.2) is 72.0 Å². The summed E-state index contributed by atoms with van der Waals surface area (Å²) in [4.78, 5) is 17.7. The Morgan fingerprint density at radius 3 is 2.56 bits per heavy atom. The molecule has 0 radical (unpaired) electrons. The van der Waals surface area contributed by atoms with E-state index in [4.69, 9.17) is 4.74 Å². The molecule has 4 rings (SSSR count). The lowest BCUT2D eigenvalue weighted by molar-refractivity contribution is 0.370. The van der Waals surface area contributed by atoms with Crippen LogP contribution in [0.25, 0.3) is 0 Å². The number of hydrogen-bond acceptors (Lipinski definition) is 5. The first kappa shape index (κ1) is 23.7. The summed E-state index contributed by atoms with van der Waals surface area (Å²) in [6.07, 6.45) is 3.48. The fourth-order valence-electron chi connectivity index (χ4n) is 3.49. The van der Waals surface area contributed by atoms with Gasteiger partial charge in [0, 0.05) is 63.8 Å². The molecule has 7 nitrogen and oxygen atoms in total. The Bertz CT molecular complexity index is 1030. The van der Waals surface area contributed by atoms with Crippen molar-refractivity contribution in [3.63, 3.8) is 0 Å². The second-order valence-corrected chi connectivity index (χ2v) is 7.09. The maximum atomic E-state index is 13.5. The maximum Gasteiger partial charge on any atom is 0.224 e. The number of rotatable bonds is 5. The van der Waals surface area contributed by atoms with E-state index in [-0.39, 0.29) is 29.8 Å². The minimum Gasteiger partial charge on any atom is -0.439 e. The van der Waals surface area contributed by atoms with Crippen LogP contribution in [0.5, 0.6) is 11.6 Å². The standard InChI is InChI=1S/C23H25FN6O.HI/c1-25-23(30-14-12-29(13-15-30)21-9-2-3-10-26-21)28-17-18-6-5-11-27-22(18)31-20-8-4-7-19(24)16-20;/h2-11,16H,12-15,17H2,1H3,(H,25,28);1H. The Hall–Kier alpha value is -2.95. The first-order valence-electron chi connectivity index (χ1n) is 10.2.